The maximum absolute atomic E-state index is 12.1. The normalized spacial score (nSPS) is 13.0. The van der Waals surface area contributed by atoms with Crippen LogP contribution in [0.2, 0.25) is 0 Å². The van der Waals surface area contributed by atoms with Crippen molar-refractivity contribution in [3.05, 3.63) is 23.3 Å². The summed E-state index contributed by atoms with van der Waals surface area (Å²) in [5.74, 6) is -0.958. The van der Waals surface area contributed by atoms with E-state index < -0.39 is 28.6 Å². The molecule has 0 spiro atoms. The maximum atomic E-state index is 12.1. The van der Waals surface area contributed by atoms with Gasteiger partial charge in [0, 0.05) is 6.54 Å². The van der Waals surface area contributed by atoms with Crippen LogP contribution in [-0.2, 0) is 14.8 Å². The molecule has 0 aliphatic heterocycles. The maximum Gasteiger partial charge on any atom is 0.333 e. The van der Waals surface area contributed by atoms with Gasteiger partial charge < -0.3 is 14.9 Å². The Hall–Kier alpha value is -1.64. The van der Waals surface area contributed by atoms with Crippen molar-refractivity contribution in [3.8, 4) is 5.75 Å². The van der Waals surface area contributed by atoms with Gasteiger partial charge in [-0.2, -0.15) is 0 Å². The molecule has 1 aromatic rings. The van der Waals surface area contributed by atoms with E-state index in [0.29, 0.717) is 16.9 Å². The van der Waals surface area contributed by atoms with Crippen LogP contribution in [0.1, 0.15) is 11.1 Å². The summed E-state index contributed by atoms with van der Waals surface area (Å²) in [5, 5.41) is 17.6. The number of benzene rings is 1. The lowest BCUT2D eigenvalue weighted by Gasteiger charge is -2.14. The largest absolute Gasteiger partial charge is 0.497 e. The summed E-state index contributed by atoms with van der Waals surface area (Å²) in [7, 11) is -2.43. The number of carbonyl (C=O) groups is 1. The number of aliphatic hydroxyl groups is 1. The highest BCUT2D eigenvalue weighted by Gasteiger charge is 2.23. The van der Waals surface area contributed by atoms with Crippen molar-refractivity contribution < 1.29 is 28.2 Å². The SMILES string of the molecule is COc1cc(C)c(S(=O)(=O)NCC(O)C(=O)O)c(C)c1. The number of aryl methyl sites for hydroxylation is 2. The molecule has 1 rings (SSSR count). The quantitative estimate of drug-likeness (QED) is 0.683. The Morgan fingerprint density at radius 2 is 1.85 bits per heavy atom. The fraction of sp³-hybridized carbons (Fsp3) is 0.417. The van der Waals surface area contributed by atoms with Crippen LogP contribution in [0, 0.1) is 13.8 Å². The van der Waals surface area contributed by atoms with Crippen LogP contribution in [-0.4, -0.2) is 44.4 Å². The Morgan fingerprint density at radius 3 is 2.25 bits per heavy atom. The molecule has 0 saturated heterocycles. The molecular weight excluding hydrogens is 286 g/mol. The highest BCUT2D eigenvalue weighted by Crippen LogP contribution is 2.25. The van der Waals surface area contributed by atoms with E-state index in [4.69, 9.17) is 14.9 Å². The molecule has 0 aliphatic carbocycles. The lowest BCUT2D eigenvalue weighted by Crippen LogP contribution is -2.37. The average molecular weight is 303 g/mol. The molecule has 3 N–H and O–H groups in total. The summed E-state index contributed by atoms with van der Waals surface area (Å²) in [6.45, 7) is 2.62. The first kappa shape index (κ1) is 16.4. The van der Waals surface area contributed by atoms with Gasteiger partial charge in [-0.1, -0.05) is 0 Å². The smallest absolute Gasteiger partial charge is 0.333 e. The standard InChI is InChI=1S/C12H17NO6S/c1-7-4-9(19-3)5-8(2)11(7)20(17,18)13-6-10(14)12(15)16/h4-5,10,13-14H,6H2,1-3H3,(H,15,16). The van der Waals surface area contributed by atoms with E-state index in [9.17, 15) is 13.2 Å². The van der Waals surface area contributed by atoms with E-state index >= 15 is 0 Å². The van der Waals surface area contributed by atoms with Crippen molar-refractivity contribution in [1.29, 1.82) is 0 Å². The van der Waals surface area contributed by atoms with E-state index in [1.807, 2.05) is 0 Å². The lowest BCUT2D eigenvalue weighted by molar-refractivity contribution is -0.146. The van der Waals surface area contributed by atoms with Gasteiger partial charge in [-0.05, 0) is 37.1 Å². The molecule has 0 aromatic heterocycles. The average Bonchev–Trinajstić information content (AvgIpc) is 2.34. The fourth-order valence-electron chi connectivity index (χ4n) is 1.80. The van der Waals surface area contributed by atoms with Crippen LogP contribution in [0.15, 0.2) is 17.0 Å². The van der Waals surface area contributed by atoms with Gasteiger partial charge >= 0.3 is 5.97 Å². The second-order valence-corrected chi connectivity index (χ2v) is 6.00. The van der Waals surface area contributed by atoms with Gasteiger partial charge in [0.05, 0.1) is 12.0 Å². The van der Waals surface area contributed by atoms with E-state index in [2.05, 4.69) is 4.72 Å². The number of carboxylic acids is 1. The number of ether oxygens (including phenoxy) is 1. The zero-order chi connectivity index (χ0) is 15.5. The Balaban J connectivity index is 3.07. The lowest BCUT2D eigenvalue weighted by atomic mass is 10.1. The van der Waals surface area contributed by atoms with E-state index in [-0.39, 0.29) is 4.90 Å². The first-order valence-electron chi connectivity index (χ1n) is 5.75. The molecule has 1 atom stereocenters. The summed E-state index contributed by atoms with van der Waals surface area (Å²) in [5.41, 5.74) is 0.943. The zero-order valence-electron chi connectivity index (χ0n) is 11.4. The van der Waals surface area contributed by atoms with Crippen LogP contribution in [0.5, 0.6) is 5.75 Å². The minimum atomic E-state index is -3.90. The Labute approximate surface area is 117 Å². The van der Waals surface area contributed by atoms with E-state index in [1.165, 1.54) is 7.11 Å². The summed E-state index contributed by atoms with van der Waals surface area (Å²) < 4.78 is 31.4. The number of hydrogen-bond donors (Lipinski definition) is 3. The minimum Gasteiger partial charge on any atom is -0.497 e. The number of methoxy groups -OCH3 is 1. The zero-order valence-corrected chi connectivity index (χ0v) is 12.2. The number of carboxylic acid groups (broad SMARTS) is 1. The van der Waals surface area contributed by atoms with E-state index in [1.54, 1.807) is 26.0 Å². The van der Waals surface area contributed by atoms with Crippen LogP contribution in [0.4, 0.5) is 0 Å². The highest BCUT2D eigenvalue weighted by molar-refractivity contribution is 7.89. The minimum absolute atomic E-state index is 0.0517. The molecule has 0 fully saturated rings. The molecule has 0 saturated carbocycles. The number of rotatable bonds is 6. The molecule has 0 radical (unpaired) electrons. The van der Waals surface area contributed by atoms with Crippen molar-refractivity contribution >= 4 is 16.0 Å². The van der Waals surface area contributed by atoms with Crippen molar-refractivity contribution in [2.75, 3.05) is 13.7 Å². The van der Waals surface area contributed by atoms with Gasteiger partial charge in [0.15, 0.2) is 6.10 Å². The fourth-order valence-corrected chi connectivity index (χ4v) is 3.29. The van der Waals surface area contributed by atoms with E-state index in [0.717, 1.165) is 0 Å². The van der Waals surface area contributed by atoms with Crippen molar-refractivity contribution in [2.24, 2.45) is 0 Å². The predicted molar refractivity (Wildman–Crippen MR) is 71.3 cm³/mol. The van der Waals surface area contributed by atoms with Gasteiger partial charge in [0.2, 0.25) is 10.0 Å². The monoisotopic (exact) mass is 303 g/mol. The molecule has 20 heavy (non-hydrogen) atoms. The Bertz CT molecular complexity index is 587. The van der Waals surface area contributed by atoms with Gasteiger partial charge in [0.1, 0.15) is 5.75 Å². The van der Waals surface area contributed by atoms with Gasteiger partial charge in [-0.25, -0.2) is 17.9 Å². The number of nitrogens with one attached hydrogen (secondary N) is 1. The number of sulfonamides is 1. The molecule has 7 nitrogen and oxygen atoms in total. The Morgan fingerprint density at radius 1 is 1.35 bits per heavy atom. The highest BCUT2D eigenvalue weighted by atomic mass is 32.2. The summed E-state index contributed by atoms with van der Waals surface area (Å²) in [6.07, 6.45) is -1.79. The summed E-state index contributed by atoms with van der Waals surface area (Å²) >= 11 is 0. The van der Waals surface area contributed by atoms with Gasteiger partial charge in [-0.15, -0.1) is 0 Å². The van der Waals surface area contributed by atoms with Crippen molar-refractivity contribution in [2.45, 2.75) is 24.8 Å². The molecule has 0 heterocycles. The van der Waals surface area contributed by atoms with Crippen LogP contribution >= 0.6 is 0 Å². The summed E-state index contributed by atoms with van der Waals surface area (Å²) in [6, 6.07) is 3.13. The third kappa shape index (κ3) is 3.69. The molecule has 0 amide bonds. The number of aliphatic hydroxyl groups excluding tert-OH is 1. The molecule has 8 heteroatoms. The third-order valence-corrected chi connectivity index (χ3v) is 4.42. The van der Waals surface area contributed by atoms with Crippen LogP contribution in [0.25, 0.3) is 0 Å². The molecule has 0 aliphatic rings. The second kappa shape index (κ2) is 6.21. The number of aliphatic carboxylic acids is 1. The molecule has 112 valence electrons. The third-order valence-electron chi connectivity index (χ3n) is 2.69. The molecule has 0 bridgehead atoms. The predicted octanol–water partition coefficient (Wildman–Crippen LogP) is 0.0358. The van der Waals surface area contributed by atoms with Crippen LogP contribution < -0.4 is 9.46 Å². The first-order valence-corrected chi connectivity index (χ1v) is 7.23. The van der Waals surface area contributed by atoms with Crippen molar-refractivity contribution in [1.82, 2.24) is 4.72 Å². The first-order chi connectivity index (χ1) is 9.19. The second-order valence-electron chi connectivity index (χ2n) is 4.30. The molecule has 1 unspecified atom stereocenters. The van der Waals surface area contributed by atoms with Crippen molar-refractivity contribution in [3.63, 3.8) is 0 Å². The summed E-state index contributed by atoms with van der Waals surface area (Å²) in [4.78, 5) is 10.5. The molecule has 1 aromatic carbocycles. The Kier molecular flexibility index (Phi) is 5.09. The van der Waals surface area contributed by atoms with Gasteiger partial charge in [-0.3, -0.25) is 0 Å². The molecular formula is C12H17NO6S. The van der Waals surface area contributed by atoms with Gasteiger partial charge in [0.25, 0.3) is 0 Å². The number of hydrogen-bond acceptors (Lipinski definition) is 5. The van der Waals surface area contributed by atoms with Crippen LogP contribution in [0.3, 0.4) is 0 Å². The topological polar surface area (TPSA) is 113 Å².